The van der Waals surface area contributed by atoms with Crippen LogP contribution in [0.4, 0.5) is 0 Å². The van der Waals surface area contributed by atoms with Crippen LogP contribution in [0.3, 0.4) is 0 Å². The summed E-state index contributed by atoms with van der Waals surface area (Å²) in [5.41, 5.74) is 0.826. The lowest BCUT2D eigenvalue weighted by atomic mass is 10.3. The maximum absolute atomic E-state index is 5.98. The molecule has 0 aliphatic heterocycles. The summed E-state index contributed by atoms with van der Waals surface area (Å²) in [7, 11) is 0. The third-order valence-corrected chi connectivity index (χ3v) is 2.71. The second-order valence-electron chi connectivity index (χ2n) is 2.60. The standard InChI is InChI=1S/C9H10ClNS/c1-5(2)8(10)9-6(3)12-7(4)11-9/h1,3H2,2,4H3/b9-8-. The molecule has 0 fully saturated rings. The number of aromatic nitrogens is 1. The zero-order valence-corrected chi connectivity index (χ0v) is 8.72. The van der Waals surface area contributed by atoms with Crippen LogP contribution in [0.2, 0.25) is 0 Å². The first-order chi connectivity index (χ1) is 5.52. The van der Waals surface area contributed by atoms with Crippen LogP contribution in [0.25, 0.3) is 11.6 Å². The fraction of sp³-hybridized carbons (Fsp3) is 0.222. The molecule has 1 rings (SSSR count). The number of thiazole rings is 1. The third kappa shape index (κ3) is 1.76. The van der Waals surface area contributed by atoms with E-state index in [4.69, 9.17) is 11.6 Å². The van der Waals surface area contributed by atoms with Gasteiger partial charge in [0.2, 0.25) is 0 Å². The molecule has 0 saturated carbocycles. The topological polar surface area (TPSA) is 12.9 Å². The Morgan fingerprint density at radius 3 is 2.50 bits per heavy atom. The molecule has 3 heteroatoms. The van der Waals surface area contributed by atoms with E-state index in [0.29, 0.717) is 5.03 Å². The number of halogens is 1. The van der Waals surface area contributed by atoms with Crippen molar-refractivity contribution in [3.05, 3.63) is 27.0 Å². The summed E-state index contributed by atoms with van der Waals surface area (Å²) in [5.74, 6) is 0. The molecule has 0 atom stereocenters. The van der Waals surface area contributed by atoms with E-state index in [2.05, 4.69) is 18.1 Å². The van der Waals surface area contributed by atoms with E-state index in [1.807, 2.05) is 13.8 Å². The van der Waals surface area contributed by atoms with Crippen LogP contribution in [-0.2, 0) is 0 Å². The zero-order chi connectivity index (χ0) is 9.30. The van der Waals surface area contributed by atoms with Gasteiger partial charge in [0.1, 0.15) is 0 Å². The number of nitrogens with zero attached hydrogens (tertiary/aromatic N) is 1. The highest BCUT2D eigenvalue weighted by Gasteiger charge is 1.99. The highest BCUT2D eigenvalue weighted by molar-refractivity contribution is 7.09. The quantitative estimate of drug-likeness (QED) is 0.672. The largest absolute Gasteiger partial charge is 0.240 e. The lowest BCUT2D eigenvalue weighted by Gasteiger charge is -1.90. The molecule has 0 aromatic carbocycles. The first kappa shape index (κ1) is 9.49. The van der Waals surface area contributed by atoms with E-state index < -0.39 is 0 Å². The average Bonchev–Trinajstić information content (AvgIpc) is 2.28. The van der Waals surface area contributed by atoms with Crippen LogP contribution >= 0.6 is 22.9 Å². The van der Waals surface area contributed by atoms with Gasteiger partial charge >= 0.3 is 0 Å². The van der Waals surface area contributed by atoms with Crippen LogP contribution in [0.5, 0.6) is 0 Å². The Kier molecular flexibility index (Phi) is 2.70. The van der Waals surface area contributed by atoms with Crippen molar-refractivity contribution in [3.8, 4) is 0 Å². The van der Waals surface area contributed by atoms with Gasteiger partial charge in [-0.25, -0.2) is 4.98 Å². The van der Waals surface area contributed by atoms with Crippen LogP contribution in [0.1, 0.15) is 11.9 Å². The molecule has 0 saturated heterocycles. The highest BCUT2D eigenvalue weighted by atomic mass is 35.5. The minimum atomic E-state index is 0.615. The lowest BCUT2D eigenvalue weighted by molar-refractivity contribution is 1.23. The molecule has 0 unspecified atom stereocenters. The first-order valence-corrected chi connectivity index (χ1v) is 4.70. The van der Waals surface area contributed by atoms with Gasteiger partial charge in [-0.2, -0.15) is 0 Å². The average molecular weight is 200 g/mol. The van der Waals surface area contributed by atoms with Crippen molar-refractivity contribution >= 4 is 34.5 Å². The predicted molar refractivity (Wildman–Crippen MR) is 55.7 cm³/mol. The lowest BCUT2D eigenvalue weighted by Crippen LogP contribution is -2.21. The smallest absolute Gasteiger partial charge is 0.0997 e. The monoisotopic (exact) mass is 199 g/mol. The van der Waals surface area contributed by atoms with Crippen molar-refractivity contribution in [2.24, 2.45) is 0 Å². The molecule has 0 aliphatic carbocycles. The zero-order valence-electron chi connectivity index (χ0n) is 7.15. The van der Waals surface area contributed by atoms with E-state index in [9.17, 15) is 0 Å². The van der Waals surface area contributed by atoms with Crippen molar-refractivity contribution in [2.75, 3.05) is 0 Å². The Labute approximate surface area is 80.7 Å². The van der Waals surface area contributed by atoms with Crippen molar-refractivity contribution in [1.29, 1.82) is 0 Å². The van der Waals surface area contributed by atoms with Gasteiger partial charge in [0.25, 0.3) is 0 Å². The molecular weight excluding hydrogens is 190 g/mol. The first-order valence-electron chi connectivity index (χ1n) is 3.50. The van der Waals surface area contributed by atoms with Crippen molar-refractivity contribution in [1.82, 2.24) is 4.98 Å². The summed E-state index contributed by atoms with van der Waals surface area (Å²) < 4.78 is 0.903. The molecule has 1 aromatic heterocycles. The molecule has 0 amide bonds. The molecule has 0 N–H and O–H groups in total. The maximum Gasteiger partial charge on any atom is 0.0997 e. The van der Waals surface area contributed by atoms with Crippen molar-refractivity contribution in [2.45, 2.75) is 13.8 Å². The van der Waals surface area contributed by atoms with Crippen LogP contribution in [-0.4, -0.2) is 4.98 Å². The molecule has 0 radical (unpaired) electrons. The van der Waals surface area contributed by atoms with Gasteiger partial charge in [0.15, 0.2) is 0 Å². The van der Waals surface area contributed by atoms with E-state index in [0.717, 1.165) is 20.5 Å². The number of hydrogen-bond acceptors (Lipinski definition) is 2. The Morgan fingerprint density at radius 2 is 2.17 bits per heavy atom. The number of rotatable bonds is 1. The second-order valence-corrected chi connectivity index (χ2v) is 4.26. The Bertz CT molecular complexity index is 416. The predicted octanol–water partition coefficient (Wildman–Crippen LogP) is 1.78. The van der Waals surface area contributed by atoms with Crippen LogP contribution in [0.15, 0.2) is 12.2 Å². The van der Waals surface area contributed by atoms with E-state index in [1.54, 1.807) is 11.3 Å². The molecule has 1 nitrogen and oxygen atoms in total. The molecular formula is C9H10ClNS. The molecule has 12 heavy (non-hydrogen) atoms. The van der Waals surface area contributed by atoms with E-state index in [-0.39, 0.29) is 0 Å². The van der Waals surface area contributed by atoms with Gasteiger partial charge in [0, 0.05) is 4.53 Å². The highest BCUT2D eigenvalue weighted by Crippen LogP contribution is 2.09. The number of hydrogen-bond donors (Lipinski definition) is 0. The van der Waals surface area contributed by atoms with Gasteiger partial charge in [-0.05, 0) is 19.4 Å². The van der Waals surface area contributed by atoms with E-state index >= 15 is 0 Å². The van der Waals surface area contributed by atoms with Gasteiger partial charge in [-0.15, -0.1) is 11.3 Å². The Balaban J connectivity index is 3.55. The molecule has 1 heterocycles. The maximum atomic E-state index is 5.98. The summed E-state index contributed by atoms with van der Waals surface area (Å²) in [6.07, 6.45) is 0. The SMILES string of the molecule is C=C(C)/C(Cl)=c1/nc(C)sc1=C. The summed E-state index contributed by atoms with van der Waals surface area (Å²) in [6, 6.07) is 0. The van der Waals surface area contributed by atoms with Crippen molar-refractivity contribution < 1.29 is 0 Å². The third-order valence-electron chi connectivity index (χ3n) is 1.39. The molecule has 0 spiro atoms. The minimum Gasteiger partial charge on any atom is -0.240 e. The number of aryl methyl sites for hydroxylation is 1. The van der Waals surface area contributed by atoms with Crippen molar-refractivity contribution in [3.63, 3.8) is 0 Å². The van der Waals surface area contributed by atoms with Crippen LogP contribution in [0, 0.1) is 6.92 Å². The Hall–Kier alpha value is -0.600. The van der Waals surface area contributed by atoms with E-state index in [1.165, 1.54) is 0 Å². The fourth-order valence-corrected chi connectivity index (χ4v) is 1.79. The molecule has 0 bridgehead atoms. The minimum absolute atomic E-state index is 0.615. The normalized spacial score (nSPS) is 12.9. The van der Waals surface area contributed by atoms with Gasteiger partial charge < -0.3 is 0 Å². The fourth-order valence-electron chi connectivity index (χ4n) is 0.843. The Morgan fingerprint density at radius 1 is 1.58 bits per heavy atom. The molecule has 64 valence electrons. The summed E-state index contributed by atoms with van der Waals surface area (Å²) in [6.45, 7) is 11.4. The summed E-state index contributed by atoms with van der Waals surface area (Å²) in [4.78, 5) is 4.26. The van der Waals surface area contributed by atoms with Gasteiger partial charge in [0.05, 0.1) is 15.4 Å². The number of allylic oxidation sites excluding steroid dienone is 1. The summed E-state index contributed by atoms with van der Waals surface area (Å²) in [5, 5.41) is 2.37. The molecule has 0 aliphatic rings. The molecule has 1 aromatic rings. The van der Waals surface area contributed by atoms with Crippen LogP contribution < -0.4 is 9.88 Å². The van der Waals surface area contributed by atoms with Gasteiger partial charge in [-0.3, -0.25) is 0 Å². The second kappa shape index (κ2) is 3.42. The summed E-state index contributed by atoms with van der Waals surface area (Å²) >= 11 is 7.53. The van der Waals surface area contributed by atoms with Gasteiger partial charge in [-0.1, -0.05) is 24.8 Å².